The standard InChI is InChI=1S/C19H27NO4/c1-13-12-15(20-18(22)24-19(2,3)4)10-11-16(13)23-17(21)14-8-6-5-7-9-14/h5-9,13,15-16H,10-12H2,1-4H3,(H,20,22). The van der Waals surface area contributed by atoms with Crippen molar-refractivity contribution < 1.29 is 19.1 Å². The molecule has 5 nitrogen and oxygen atoms in total. The third-order valence-corrected chi connectivity index (χ3v) is 4.08. The van der Waals surface area contributed by atoms with Crippen LogP contribution in [0.2, 0.25) is 0 Å². The number of benzene rings is 1. The average Bonchev–Trinajstić information content (AvgIpc) is 2.49. The predicted octanol–water partition coefficient (Wildman–Crippen LogP) is 3.93. The van der Waals surface area contributed by atoms with Gasteiger partial charge in [-0.25, -0.2) is 9.59 Å². The Bertz CT molecular complexity index is 564. The van der Waals surface area contributed by atoms with Gasteiger partial charge in [-0.3, -0.25) is 0 Å². The van der Waals surface area contributed by atoms with Gasteiger partial charge < -0.3 is 14.8 Å². The molecule has 1 aromatic rings. The van der Waals surface area contributed by atoms with E-state index in [0.717, 1.165) is 19.3 Å². The highest BCUT2D eigenvalue weighted by Gasteiger charge is 2.32. The summed E-state index contributed by atoms with van der Waals surface area (Å²) in [7, 11) is 0. The van der Waals surface area contributed by atoms with Crippen LogP contribution in [-0.2, 0) is 9.47 Å². The van der Waals surface area contributed by atoms with E-state index in [1.807, 2.05) is 45.9 Å². The van der Waals surface area contributed by atoms with Crippen molar-refractivity contribution >= 4 is 12.1 Å². The summed E-state index contributed by atoms with van der Waals surface area (Å²) in [4.78, 5) is 24.0. The number of esters is 1. The summed E-state index contributed by atoms with van der Waals surface area (Å²) < 4.78 is 10.9. The number of hydrogen-bond donors (Lipinski definition) is 1. The molecule has 0 bridgehead atoms. The van der Waals surface area contributed by atoms with Crippen molar-refractivity contribution in [3.05, 3.63) is 35.9 Å². The van der Waals surface area contributed by atoms with Gasteiger partial charge in [0, 0.05) is 6.04 Å². The Kier molecular flexibility index (Phi) is 5.86. The van der Waals surface area contributed by atoms with Gasteiger partial charge >= 0.3 is 12.1 Å². The summed E-state index contributed by atoms with van der Waals surface area (Å²) >= 11 is 0. The largest absolute Gasteiger partial charge is 0.458 e. The first-order valence-electron chi connectivity index (χ1n) is 8.50. The number of hydrogen-bond acceptors (Lipinski definition) is 4. The van der Waals surface area contributed by atoms with E-state index in [1.165, 1.54) is 0 Å². The molecule has 1 fully saturated rings. The molecule has 1 aromatic carbocycles. The van der Waals surface area contributed by atoms with Crippen LogP contribution in [-0.4, -0.2) is 29.8 Å². The molecule has 0 aliphatic heterocycles. The molecule has 2 rings (SSSR count). The lowest BCUT2D eigenvalue weighted by atomic mass is 9.84. The normalized spacial score (nSPS) is 24.1. The molecule has 1 aliphatic carbocycles. The van der Waals surface area contributed by atoms with Crippen molar-refractivity contribution in [2.24, 2.45) is 5.92 Å². The molecule has 0 spiro atoms. The molecule has 1 saturated carbocycles. The molecule has 24 heavy (non-hydrogen) atoms. The maximum atomic E-state index is 12.2. The fraction of sp³-hybridized carbons (Fsp3) is 0.579. The average molecular weight is 333 g/mol. The third-order valence-electron chi connectivity index (χ3n) is 4.08. The quantitative estimate of drug-likeness (QED) is 0.851. The second-order valence-electron chi connectivity index (χ2n) is 7.44. The van der Waals surface area contributed by atoms with Crippen molar-refractivity contribution in [1.29, 1.82) is 0 Å². The van der Waals surface area contributed by atoms with Crippen molar-refractivity contribution in [3.63, 3.8) is 0 Å². The number of nitrogens with one attached hydrogen (secondary N) is 1. The lowest BCUT2D eigenvalue weighted by Gasteiger charge is -2.34. The van der Waals surface area contributed by atoms with Gasteiger partial charge in [-0.1, -0.05) is 25.1 Å². The summed E-state index contributed by atoms with van der Waals surface area (Å²) in [6.07, 6.45) is 1.77. The van der Waals surface area contributed by atoms with E-state index in [1.54, 1.807) is 12.1 Å². The molecule has 3 unspecified atom stereocenters. The number of alkyl carbamates (subject to hydrolysis) is 1. The lowest BCUT2D eigenvalue weighted by molar-refractivity contribution is -0.00133. The molecule has 0 aromatic heterocycles. The molecule has 132 valence electrons. The molecule has 5 heteroatoms. The predicted molar refractivity (Wildman–Crippen MR) is 91.8 cm³/mol. The molecule has 1 aliphatic rings. The number of carbonyl (C=O) groups is 2. The Morgan fingerprint density at radius 2 is 1.79 bits per heavy atom. The summed E-state index contributed by atoms with van der Waals surface area (Å²) in [5.74, 6) is -0.0997. The summed E-state index contributed by atoms with van der Waals surface area (Å²) in [5.41, 5.74) is 0.0664. The smallest absolute Gasteiger partial charge is 0.407 e. The van der Waals surface area contributed by atoms with Crippen LogP contribution in [0.4, 0.5) is 4.79 Å². The van der Waals surface area contributed by atoms with E-state index in [0.29, 0.717) is 5.56 Å². The molecule has 0 radical (unpaired) electrons. The number of amides is 1. The van der Waals surface area contributed by atoms with Gasteiger partial charge in [-0.2, -0.15) is 0 Å². The number of rotatable bonds is 3. The highest BCUT2D eigenvalue weighted by molar-refractivity contribution is 5.89. The topological polar surface area (TPSA) is 64.6 Å². The van der Waals surface area contributed by atoms with Crippen molar-refractivity contribution in [1.82, 2.24) is 5.32 Å². The second kappa shape index (κ2) is 7.69. The van der Waals surface area contributed by atoms with Crippen LogP contribution >= 0.6 is 0 Å². The van der Waals surface area contributed by atoms with E-state index < -0.39 is 5.60 Å². The highest BCUT2D eigenvalue weighted by Crippen LogP contribution is 2.28. The van der Waals surface area contributed by atoms with Crippen LogP contribution in [0.15, 0.2) is 30.3 Å². The number of ether oxygens (including phenoxy) is 2. The highest BCUT2D eigenvalue weighted by atomic mass is 16.6. The Morgan fingerprint density at radius 1 is 1.12 bits per heavy atom. The van der Waals surface area contributed by atoms with Gasteiger partial charge in [0.2, 0.25) is 0 Å². The summed E-state index contributed by atoms with van der Waals surface area (Å²) in [5, 5.41) is 2.91. The monoisotopic (exact) mass is 333 g/mol. The molecule has 1 amide bonds. The van der Waals surface area contributed by atoms with Crippen LogP contribution in [0.1, 0.15) is 57.3 Å². The minimum absolute atomic E-state index is 0.0570. The van der Waals surface area contributed by atoms with Crippen LogP contribution < -0.4 is 5.32 Å². The zero-order valence-electron chi connectivity index (χ0n) is 14.9. The SMILES string of the molecule is CC1CC(NC(=O)OC(C)(C)C)CCC1OC(=O)c1ccccc1. The molecule has 1 N–H and O–H groups in total. The molecule has 0 heterocycles. The first-order chi connectivity index (χ1) is 11.2. The van der Waals surface area contributed by atoms with Crippen LogP contribution in [0.3, 0.4) is 0 Å². The fourth-order valence-corrected chi connectivity index (χ4v) is 2.93. The maximum absolute atomic E-state index is 12.2. The minimum atomic E-state index is -0.502. The zero-order valence-corrected chi connectivity index (χ0v) is 14.9. The Hall–Kier alpha value is -2.04. The molecule has 0 saturated heterocycles. The summed E-state index contributed by atoms with van der Waals surface area (Å²) in [6.45, 7) is 7.57. The van der Waals surface area contributed by atoms with E-state index in [9.17, 15) is 9.59 Å². The van der Waals surface area contributed by atoms with Crippen molar-refractivity contribution in [2.75, 3.05) is 0 Å². The Morgan fingerprint density at radius 3 is 2.38 bits per heavy atom. The minimum Gasteiger partial charge on any atom is -0.458 e. The second-order valence-corrected chi connectivity index (χ2v) is 7.44. The molecule has 3 atom stereocenters. The Balaban J connectivity index is 1.82. The van der Waals surface area contributed by atoms with Gasteiger partial charge in [0.05, 0.1) is 5.56 Å². The van der Waals surface area contributed by atoms with E-state index in [2.05, 4.69) is 5.32 Å². The fourth-order valence-electron chi connectivity index (χ4n) is 2.93. The van der Waals surface area contributed by atoms with E-state index >= 15 is 0 Å². The first kappa shape index (κ1) is 18.3. The maximum Gasteiger partial charge on any atom is 0.407 e. The molecular formula is C19H27NO4. The third kappa shape index (κ3) is 5.55. The lowest BCUT2D eigenvalue weighted by Crippen LogP contribution is -2.44. The van der Waals surface area contributed by atoms with E-state index in [4.69, 9.17) is 9.47 Å². The van der Waals surface area contributed by atoms with Crippen LogP contribution in [0, 0.1) is 5.92 Å². The van der Waals surface area contributed by atoms with Crippen LogP contribution in [0.5, 0.6) is 0 Å². The van der Waals surface area contributed by atoms with Gasteiger partial charge in [-0.05, 0) is 58.1 Å². The van der Waals surface area contributed by atoms with Gasteiger partial charge in [0.1, 0.15) is 11.7 Å². The van der Waals surface area contributed by atoms with Crippen molar-refractivity contribution in [3.8, 4) is 0 Å². The van der Waals surface area contributed by atoms with Gasteiger partial charge in [0.15, 0.2) is 0 Å². The number of carbonyl (C=O) groups excluding carboxylic acids is 2. The summed E-state index contributed by atoms with van der Waals surface area (Å²) in [6, 6.07) is 9.07. The van der Waals surface area contributed by atoms with Crippen molar-refractivity contribution in [2.45, 2.75) is 64.7 Å². The van der Waals surface area contributed by atoms with Gasteiger partial charge in [0.25, 0.3) is 0 Å². The van der Waals surface area contributed by atoms with Crippen LogP contribution in [0.25, 0.3) is 0 Å². The zero-order chi connectivity index (χ0) is 17.7. The van der Waals surface area contributed by atoms with E-state index in [-0.39, 0.29) is 30.1 Å². The molecular weight excluding hydrogens is 306 g/mol. The Labute approximate surface area is 143 Å². The first-order valence-corrected chi connectivity index (χ1v) is 8.50. The van der Waals surface area contributed by atoms with Gasteiger partial charge in [-0.15, -0.1) is 0 Å².